The summed E-state index contributed by atoms with van der Waals surface area (Å²) in [5, 5.41) is 3.55. The molecule has 1 saturated heterocycles. The first-order valence-electron chi connectivity index (χ1n) is 5.91. The van der Waals surface area contributed by atoms with Gasteiger partial charge in [0.15, 0.2) is 0 Å². The van der Waals surface area contributed by atoms with Crippen molar-refractivity contribution in [2.24, 2.45) is 0 Å². The van der Waals surface area contributed by atoms with Crippen molar-refractivity contribution < 1.29 is 0 Å². The first-order valence-corrected chi connectivity index (χ1v) is 5.91. The summed E-state index contributed by atoms with van der Waals surface area (Å²) >= 11 is 0. The van der Waals surface area contributed by atoms with Crippen molar-refractivity contribution in [2.45, 2.75) is 32.5 Å². The van der Waals surface area contributed by atoms with Gasteiger partial charge in [-0.2, -0.15) is 0 Å². The molecule has 1 fully saturated rings. The van der Waals surface area contributed by atoms with E-state index in [0.717, 1.165) is 13.1 Å². The third kappa shape index (κ3) is 2.80. The molecular formula is C13H20N2. The second-order valence-electron chi connectivity index (χ2n) is 4.16. The molecule has 0 saturated carbocycles. The molecule has 1 unspecified atom stereocenters. The third-order valence-corrected chi connectivity index (χ3v) is 3.11. The highest BCUT2D eigenvalue weighted by atomic mass is 15.3. The van der Waals surface area contributed by atoms with E-state index in [1.807, 2.05) is 0 Å². The predicted octanol–water partition coefficient (Wildman–Crippen LogP) is 2.22. The van der Waals surface area contributed by atoms with Crippen molar-refractivity contribution in [1.82, 2.24) is 10.2 Å². The topological polar surface area (TPSA) is 15.3 Å². The molecule has 1 aliphatic rings. The molecule has 15 heavy (non-hydrogen) atoms. The second kappa shape index (κ2) is 5.29. The zero-order valence-corrected chi connectivity index (χ0v) is 9.45. The molecule has 0 aromatic heterocycles. The molecule has 0 aliphatic carbocycles. The highest BCUT2D eigenvalue weighted by Crippen LogP contribution is 2.13. The Balaban J connectivity index is 1.96. The van der Waals surface area contributed by atoms with Crippen LogP contribution in [0.25, 0.3) is 0 Å². The maximum Gasteiger partial charge on any atom is 0.0600 e. The lowest BCUT2D eigenvalue weighted by Crippen LogP contribution is -2.41. The molecule has 2 rings (SSSR count). The summed E-state index contributed by atoms with van der Waals surface area (Å²) in [4.78, 5) is 2.52. The van der Waals surface area contributed by atoms with Crippen LogP contribution in [0.2, 0.25) is 0 Å². The summed E-state index contributed by atoms with van der Waals surface area (Å²) in [5.41, 5.74) is 1.41. The summed E-state index contributed by atoms with van der Waals surface area (Å²) in [6.45, 7) is 5.60. The Labute approximate surface area is 92.3 Å². The van der Waals surface area contributed by atoms with E-state index < -0.39 is 0 Å². The molecule has 0 spiro atoms. The molecule has 0 bridgehead atoms. The molecule has 0 radical (unpaired) electrons. The van der Waals surface area contributed by atoms with Gasteiger partial charge in [-0.15, -0.1) is 0 Å². The van der Waals surface area contributed by atoms with Crippen molar-refractivity contribution >= 4 is 0 Å². The lowest BCUT2D eigenvalue weighted by Gasteiger charge is -2.27. The van der Waals surface area contributed by atoms with E-state index in [9.17, 15) is 0 Å². The Hall–Kier alpha value is -0.860. The SMILES string of the molecule is CCN(Cc1ccccc1)C1CCCN1. The van der Waals surface area contributed by atoms with Gasteiger partial charge in [0, 0.05) is 6.54 Å². The van der Waals surface area contributed by atoms with Crippen LogP contribution >= 0.6 is 0 Å². The zero-order valence-electron chi connectivity index (χ0n) is 9.45. The molecular weight excluding hydrogens is 184 g/mol. The van der Waals surface area contributed by atoms with Crippen molar-refractivity contribution in [3.63, 3.8) is 0 Å². The number of benzene rings is 1. The number of rotatable bonds is 4. The van der Waals surface area contributed by atoms with Crippen LogP contribution in [0.5, 0.6) is 0 Å². The Bertz CT molecular complexity index is 278. The second-order valence-corrected chi connectivity index (χ2v) is 4.16. The Kier molecular flexibility index (Phi) is 3.75. The summed E-state index contributed by atoms with van der Waals surface area (Å²) < 4.78 is 0. The van der Waals surface area contributed by atoms with Crippen molar-refractivity contribution in [3.8, 4) is 0 Å². The summed E-state index contributed by atoms with van der Waals surface area (Å²) in [6.07, 6.45) is 3.20. The lowest BCUT2D eigenvalue weighted by molar-refractivity contribution is 0.182. The number of nitrogens with one attached hydrogen (secondary N) is 1. The van der Waals surface area contributed by atoms with Gasteiger partial charge in [0.05, 0.1) is 6.17 Å². The van der Waals surface area contributed by atoms with Crippen molar-refractivity contribution in [3.05, 3.63) is 35.9 Å². The molecule has 82 valence electrons. The Morgan fingerprint density at radius 2 is 2.13 bits per heavy atom. The van der Waals surface area contributed by atoms with Crippen molar-refractivity contribution in [1.29, 1.82) is 0 Å². The highest BCUT2D eigenvalue weighted by Gasteiger charge is 2.20. The molecule has 2 heteroatoms. The van der Waals surface area contributed by atoms with Crippen LogP contribution in [0.1, 0.15) is 25.3 Å². The summed E-state index contributed by atoms with van der Waals surface area (Å²) in [5.74, 6) is 0. The molecule has 1 aromatic carbocycles. The average Bonchev–Trinajstić information content (AvgIpc) is 2.81. The van der Waals surface area contributed by atoms with Gasteiger partial charge in [-0.25, -0.2) is 0 Å². The lowest BCUT2D eigenvalue weighted by atomic mass is 10.2. The standard InChI is InChI=1S/C13H20N2/c1-2-15(13-9-6-10-14-13)11-12-7-4-3-5-8-12/h3-5,7-8,13-14H,2,6,9-11H2,1H3. The van der Waals surface area contributed by atoms with Crippen LogP contribution < -0.4 is 5.32 Å². The third-order valence-electron chi connectivity index (χ3n) is 3.11. The van der Waals surface area contributed by atoms with Gasteiger partial charge < -0.3 is 5.32 Å². The highest BCUT2D eigenvalue weighted by molar-refractivity contribution is 5.14. The smallest absolute Gasteiger partial charge is 0.0600 e. The number of hydrogen-bond donors (Lipinski definition) is 1. The van der Waals surface area contributed by atoms with Crippen LogP contribution in [0.15, 0.2) is 30.3 Å². The monoisotopic (exact) mass is 204 g/mol. The van der Waals surface area contributed by atoms with Gasteiger partial charge >= 0.3 is 0 Å². The van der Waals surface area contributed by atoms with Gasteiger partial charge in [-0.3, -0.25) is 4.90 Å². The minimum Gasteiger partial charge on any atom is -0.302 e. The summed E-state index contributed by atoms with van der Waals surface area (Å²) in [6, 6.07) is 10.7. The van der Waals surface area contributed by atoms with Crippen LogP contribution in [-0.2, 0) is 6.54 Å². The van der Waals surface area contributed by atoms with Crippen molar-refractivity contribution in [2.75, 3.05) is 13.1 Å². The predicted molar refractivity (Wildman–Crippen MR) is 63.6 cm³/mol. The van der Waals surface area contributed by atoms with Gasteiger partial charge in [0.25, 0.3) is 0 Å². The van der Waals surface area contributed by atoms with Crippen LogP contribution in [-0.4, -0.2) is 24.2 Å². The minimum absolute atomic E-state index is 0.593. The average molecular weight is 204 g/mol. The fraction of sp³-hybridized carbons (Fsp3) is 0.538. The fourth-order valence-corrected chi connectivity index (χ4v) is 2.24. The fourth-order valence-electron chi connectivity index (χ4n) is 2.24. The normalized spacial score (nSPS) is 21.1. The molecule has 1 aromatic rings. The van der Waals surface area contributed by atoms with E-state index in [1.54, 1.807) is 0 Å². The molecule has 1 aliphatic heterocycles. The van der Waals surface area contributed by atoms with Gasteiger partial charge in [0.2, 0.25) is 0 Å². The quantitative estimate of drug-likeness (QED) is 0.809. The maximum absolute atomic E-state index is 3.55. The van der Waals surface area contributed by atoms with Crippen LogP contribution in [0.3, 0.4) is 0 Å². The number of hydrogen-bond acceptors (Lipinski definition) is 2. The zero-order chi connectivity index (χ0) is 10.5. The molecule has 2 nitrogen and oxygen atoms in total. The van der Waals surface area contributed by atoms with Crippen LogP contribution in [0, 0.1) is 0 Å². The first kappa shape index (κ1) is 10.7. The van der Waals surface area contributed by atoms with E-state index in [1.165, 1.54) is 24.9 Å². The van der Waals surface area contributed by atoms with Gasteiger partial charge in [-0.1, -0.05) is 37.3 Å². The maximum atomic E-state index is 3.55. The molecule has 1 heterocycles. The van der Waals surface area contributed by atoms with E-state index in [2.05, 4.69) is 47.5 Å². The Morgan fingerprint density at radius 3 is 2.73 bits per heavy atom. The Morgan fingerprint density at radius 1 is 1.33 bits per heavy atom. The van der Waals surface area contributed by atoms with E-state index >= 15 is 0 Å². The first-order chi connectivity index (χ1) is 7.40. The van der Waals surface area contributed by atoms with Gasteiger partial charge in [0.1, 0.15) is 0 Å². The molecule has 1 atom stereocenters. The van der Waals surface area contributed by atoms with E-state index in [4.69, 9.17) is 0 Å². The van der Waals surface area contributed by atoms with E-state index in [-0.39, 0.29) is 0 Å². The van der Waals surface area contributed by atoms with E-state index in [0.29, 0.717) is 6.17 Å². The molecule has 0 amide bonds. The number of nitrogens with zero attached hydrogens (tertiary/aromatic N) is 1. The minimum atomic E-state index is 0.593. The largest absolute Gasteiger partial charge is 0.302 e. The summed E-state index contributed by atoms with van der Waals surface area (Å²) in [7, 11) is 0. The van der Waals surface area contributed by atoms with Crippen LogP contribution in [0.4, 0.5) is 0 Å². The molecule has 1 N–H and O–H groups in total. The van der Waals surface area contributed by atoms with Gasteiger partial charge in [-0.05, 0) is 31.5 Å².